The molecule has 36 heavy (non-hydrogen) atoms. The van der Waals surface area contributed by atoms with Gasteiger partial charge in [-0.1, -0.05) is 23.7 Å². The second kappa shape index (κ2) is 11.8. The summed E-state index contributed by atoms with van der Waals surface area (Å²) < 4.78 is 43.6. The fraction of sp³-hybridized carbons (Fsp3) is 0.0833. The summed E-state index contributed by atoms with van der Waals surface area (Å²) in [5.74, 6) is -2.34. The van der Waals surface area contributed by atoms with Crippen LogP contribution in [0.2, 0.25) is 5.02 Å². The van der Waals surface area contributed by atoms with Crippen molar-refractivity contribution in [2.75, 3.05) is 17.2 Å². The molecule has 3 rings (SSSR count). The zero-order valence-corrected chi connectivity index (χ0v) is 19.1. The van der Waals surface area contributed by atoms with Gasteiger partial charge in [-0.2, -0.15) is 18.3 Å². The predicted molar refractivity (Wildman–Crippen MR) is 128 cm³/mol. The van der Waals surface area contributed by atoms with Crippen LogP contribution in [-0.4, -0.2) is 30.5 Å². The van der Waals surface area contributed by atoms with Gasteiger partial charge >= 0.3 is 18.0 Å². The molecule has 0 radical (unpaired) electrons. The van der Waals surface area contributed by atoms with E-state index in [0.29, 0.717) is 28.1 Å². The molecular formula is C24H18ClF3N4O4. The molecule has 0 atom stereocenters. The first-order valence-electron chi connectivity index (χ1n) is 10.2. The monoisotopic (exact) mass is 518 g/mol. The van der Waals surface area contributed by atoms with Crippen LogP contribution in [0.1, 0.15) is 11.1 Å². The zero-order chi connectivity index (χ0) is 26.1. The molecule has 0 saturated carbocycles. The summed E-state index contributed by atoms with van der Waals surface area (Å²) in [6.07, 6.45) is -3.34. The number of carbonyl (C=O) groups is 3. The second-order valence-electron chi connectivity index (χ2n) is 7.15. The molecule has 0 aliphatic carbocycles. The van der Waals surface area contributed by atoms with Crippen LogP contribution in [0, 0.1) is 0 Å². The number of carbonyl (C=O) groups excluding carboxylic acids is 3. The zero-order valence-electron chi connectivity index (χ0n) is 18.3. The summed E-state index contributed by atoms with van der Waals surface area (Å²) in [4.78, 5) is 35.7. The highest BCUT2D eigenvalue weighted by Crippen LogP contribution is 2.30. The Hall–Kier alpha value is -4.38. The van der Waals surface area contributed by atoms with Gasteiger partial charge in [-0.15, -0.1) is 0 Å². The maximum absolute atomic E-state index is 12.7. The van der Waals surface area contributed by atoms with Gasteiger partial charge in [-0.05, 0) is 66.2 Å². The number of hydrazone groups is 1. The third-order valence-electron chi connectivity index (χ3n) is 4.39. The Morgan fingerprint density at radius 2 is 1.56 bits per heavy atom. The van der Waals surface area contributed by atoms with Crippen molar-refractivity contribution in [3.8, 4) is 5.75 Å². The number of rotatable bonds is 7. The van der Waals surface area contributed by atoms with Gasteiger partial charge < -0.3 is 15.4 Å². The number of hydrogen-bond acceptors (Lipinski definition) is 5. The van der Waals surface area contributed by atoms with Crippen molar-refractivity contribution in [3.63, 3.8) is 0 Å². The molecule has 3 N–H and O–H groups in total. The number of anilines is 2. The van der Waals surface area contributed by atoms with E-state index in [-0.39, 0.29) is 18.2 Å². The fourth-order valence-electron chi connectivity index (χ4n) is 2.74. The molecule has 3 amide bonds. The number of nitrogens with one attached hydrogen (secondary N) is 3. The number of benzene rings is 3. The Kier molecular flexibility index (Phi) is 8.63. The van der Waals surface area contributed by atoms with E-state index in [4.69, 9.17) is 16.3 Å². The smallest absolute Gasteiger partial charge is 0.416 e. The largest absolute Gasteiger partial charge is 0.484 e. The molecule has 0 aromatic heterocycles. The first kappa shape index (κ1) is 26.2. The first-order valence-corrected chi connectivity index (χ1v) is 10.6. The lowest BCUT2D eigenvalue weighted by molar-refractivity contribution is -0.137. The summed E-state index contributed by atoms with van der Waals surface area (Å²) in [6, 6.07) is 16.8. The van der Waals surface area contributed by atoms with Gasteiger partial charge in [0.2, 0.25) is 0 Å². The Balaban J connectivity index is 1.45. The van der Waals surface area contributed by atoms with Crippen molar-refractivity contribution in [1.29, 1.82) is 0 Å². The van der Waals surface area contributed by atoms with Crippen LogP contribution < -0.4 is 20.8 Å². The van der Waals surface area contributed by atoms with E-state index in [1.807, 2.05) is 5.43 Å². The maximum atomic E-state index is 12.7. The molecular weight excluding hydrogens is 501 g/mol. The summed E-state index contributed by atoms with van der Waals surface area (Å²) in [7, 11) is 0. The molecule has 0 fully saturated rings. The van der Waals surface area contributed by atoms with Crippen molar-refractivity contribution >= 4 is 46.9 Å². The highest BCUT2D eigenvalue weighted by atomic mass is 35.5. The quantitative estimate of drug-likeness (QED) is 0.244. The minimum Gasteiger partial charge on any atom is -0.484 e. The predicted octanol–water partition coefficient (Wildman–Crippen LogP) is 4.47. The van der Waals surface area contributed by atoms with Gasteiger partial charge in [0.1, 0.15) is 5.75 Å². The number of nitrogens with zero attached hydrogens (tertiary/aromatic N) is 1. The van der Waals surface area contributed by atoms with Gasteiger partial charge in [0.25, 0.3) is 5.91 Å². The van der Waals surface area contributed by atoms with Crippen LogP contribution in [0.3, 0.4) is 0 Å². The van der Waals surface area contributed by atoms with Crippen LogP contribution in [0.5, 0.6) is 5.75 Å². The van der Waals surface area contributed by atoms with Crippen LogP contribution >= 0.6 is 11.6 Å². The SMILES string of the molecule is O=C(COc1ccc(/C=N\NC(=O)C(=O)Nc2cccc(C(F)(F)F)c2)cc1)Nc1cccc(Cl)c1. The van der Waals surface area contributed by atoms with E-state index in [1.54, 1.807) is 48.5 Å². The van der Waals surface area contributed by atoms with Gasteiger partial charge in [-0.25, -0.2) is 5.43 Å². The van der Waals surface area contributed by atoms with E-state index in [0.717, 1.165) is 12.1 Å². The molecule has 0 aliphatic heterocycles. The number of hydrogen-bond donors (Lipinski definition) is 3. The highest BCUT2D eigenvalue weighted by molar-refractivity contribution is 6.39. The van der Waals surface area contributed by atoms with Gasteiger partial charge in [0.05, 0.1) is 11.8 Å². The van der Waals surface area contributed by atoms with Gasteiger partial charge in [-0.3, -0.25) is 14.4 Å². The van der Waals surface area contributed by atoms with E-state index in [9.17, 15) is 27.6 Å². The minimum absolute atomic E-state index is 0.189. The van der Waals surface area contributed by atoms with E-state index in [1.165, 1.54) is 12.3 Å². The van der Waals surface area contributed by atoms with Crippen LogP contribution in [-0.2, 0) is 20.6 Å². The normalized spacial score (nSPS) is 11.1. The molecule has 0 heterocycles. The van der Waals surface area contributed by atoms with Crippen molar-refractivity contribution in [2.45, 2.75) is 6.18 Å². The Morgan fingerprint density at radius 3 is 2.22 bits per heavy atom. The maximum Gasteiger partial charge on any atom is 0.416 e. The minimum atomic E-state index is -4.59. The average Bonchev–Trinajstić information content (AvgIpc) is 2.83. The van der Waals surface area contributed by atoms with Crippen LogP contribution in [0.25, 0.3) is 0 Å². The van der Waals surface area contributed by atoms with Crippen LogP contribution in [0.4, 0.5) is 24.5 Å². The topological polar surface area (TPSA) is 109 Å². The first-order chi connectivity index (χ1) is 17.1. The molecule has 186 valence electrons. The Morgan fingerprint density at radius 1 is 0.889 bits per heavy atom. The molecule has 0 bridgehead atoms. The Labute approximate surface area is 208 Å². The summed E-state index contributed by atoms with van der Waals surface area (Å²) in [5, 5.41) is 8.84. The molecule has 0 spiro atoms. The summed E-state index contributed by atoms with van der Waals surface area (Å²) in [6.45, 7) is -0.239. The number of amides is 3. The number of halogens is 4. The van der Waals surface area contributed by atoms with E-state index < -0.39 is 23.6 Å². The fourth-order valence-corrected chi connectivity index (χ4v) is 2.93. The lowest BCUT2D eigenvalue weighted by atomic mass is 10.2. The molecule has 12 heteroatoms. The van der Waals surface area contributed by atoms with Gasteiger partial charge in [0, 0.05) is 16.4 Å². The molecule has 3 aromatic rings. The molecule has 0 aliphatic rings. The highest BCUT2D eigenvalue weighted by Gasteiger charge is 2.30. The lowest BCUT2D eigenvalue weighted by Gasteiger charge is -2.09. The number of alkyl halides is 3. The average molecular weight is 519 g/mol. The third kappa shape index (κ3) is 8.13. The standard InChI is InChI=1S/C24H18ClF3N4O4/c25-17-4-2-6-19(12-17)30-21(33)14-36-20-9-7-15(8-10-20)13-29-32-23(35)22(34)31-18-5-1-3-16(11-18)24(26,27)28/h1-13H,14H2,(H,30,33)(H,31,34)(H,32,35)/b29-13-. The van der Waals surface area contributed by atoms with E-state index in [2.05, 4.69) is 15.7 Å². The molecule has 0 saturated heterocycles. The third-order valence-corrected chi connectivity index (χ3v) is 4.63. The van der Waals surface area contributed by atoms with Crippen molar-refractivity contribution < 1.29 is 32.3 Å². The van der Waals surface area contributed by atoms with Crippen LogP contribution in [0.15, 0.2) is 77.9 Å². The molecule has 3 aromatic carbocycles. The molecule has 0 unspecified atom stereocenters. The summed E-state index contributed by atoms with van der Waals surface area (Å²) in [5.41, 5.74) is 1.89. The Bertz CT molecular complexity index is 1280. The van der Waals surface area contributed by atoms with Gasteiger partial charge in [0.15, 0.2) is 6.61 Å². The second-order valence-corrected chi connectivity index (χ2v) is 7.58. The summed E-state index contributed by atoms with van der Waals surface area (Å²) >= 11 is 5.87. The van der Waals surface area contributed by atoms with E-state index >= 15 is 0 Å². The number of ether oxygens (including phenoxy) is 1. The van der Waals surface area contributed by atoms with Crippen molar-refractivity contribution in [1.82, 2.24) is 5.43 Å². The van der Waals surface area contributed by atoms with Crippen molar-refractivity contribution in [3.05, 3.63) is 88.9 Å². The lowest BCUT2D eigenvalue weighted by Crippen LogP contribution is -2.32. The molecule has 8 nitrogen and oxygen atoms in total. The van der Waals surface area contributed by atoms with Crippen molar-refractivity contribution in [2.24, 2.45) is 5.10 Å².